The quantitative estimate of drug-likeness (QED) is 0.637. The molecule has 0 unspecified atom stereocenters. The first kappa shape index (κ1) is 11.0. The molecule has 0 aromatic rings. The summed E-state index contributed by atoms with van der Waals surface area (Å²) in [5, 5.41) is 0.850. The molecular formula is C9H12BrCl. The van der Waals surface area contributed by atoms with E-state index < -0.39 is 0 Å². The van der Waals surface area contributed by atoms with Gasteiger partial charge in [0.05, 0.1) is 0 Å². The van der Waals surface area contributed by atoms with Gasteiger partial charge in [-0.25, -0.2) is 0 Å². The van der Waals surface area contributed by atoms with E-state index in [9.17, 15) is 0 Å². The molecule has 11 heavy (non-hydrogen) atoms. The lowest BCUT2D eigenvalue weighted by molar-refractivity contribution is 1.19. The van der Waals surface area contributed by atoms with E-state index in [1.807, 2.05) is 26.0 Å². The van der Waals surface area contributed by atoms with Gasteiger partial charge in [-0.3, -0.25) is 0 Å². The van der Waals surface area contributed by atoms with Crippen LogP contribution in [0, 0.1) is 0 Å². The Morgan fingerprint density at radius 2 is 2.09 bits per heavy atom. The Labute approximate surface area is 81.8 Å². The van der Waals surface area contributed by atoms with Gasteiger partial charge in [0.15, 0.2) is 0 Å². The highest BCUT2D eigenvalue weighted by molar-refractivity contribution is 9.12. The zero-order valence-electron chi connectivity index (χ0n) is 6.82. The van der Waals surface area contributed by atoms with Crippen LogP contribution in [-0.4, -0.2) is 0 Å². The number of allylic oxidation sites excluding steroid dienone is 5. The van der Waals surface area contributed by atoms with E-state index in [2.05, 4.69) is 22.5 Å². The summed E-state index contributed by atoms with van der Waals surface area (Å²) in [6.07, 6.45) is 4.66. The third kappa shape index (κ3) is 5.28. The zero-order chi connectivity index (χ0) is 8.85. The van der Waals surface area contributed by atoms with Crippen LogP contribution in [0.5, 0.6) is 0 Å². The number of hydrogen-bond acceptors (Lipinski definition) is 0. The van der Waals surface area contributed by atoms with Gasteiger partial charge in [0.2, 0.25) is 0 Å². The van der Waals surface area contributed by atoms with Crippen molar-refractivity contribution in [3.05, 3.63) is 33.8 Å². The lowest BCUT2D eigenvalue weighted by Crippen LogP contribution is -1.70. The normalized spacial score (nSPS) is 13.5. The highest BCUT2D eigenvalue weighted by Gasteiger charge is 1.89. The summed E-state index contributed by atoms with van der Waals surface area (Å²) in [4.78, 5) is 0. The fraction of sp³-hybridized carbons (Fsp3) is 0.333. The summed E-state index contributed by atoms with van der Waals surface area (Å²) in [6.45, 7) is 7.73. The molecule has 0 aromatic heterocycles. The van der Waals surface area contributed by atoms with Crippen molar-refractivity contribution in [2.45, 2.75) is 20.3 Å². The molecule has 0 aliphatic rings. The molecule has 0 aliphatic heterocycles. The number of halogens is 2. The van der Waals surface area contributed by atoms with Crippen LogP contribution in [0.1, 0.15) is 20.3 Å². The van der Waals surface area contributed by atoms with Gasteiger partial charge in [0.1, 0.15) is 0 Å². The molecular weight excluding hydrogens is 223 g/mol. The van der Waals surface area contributed by atoms with Gasteiger partial charge in [-0.1, -0.05) is 41.0 Å². The molecule has 0 atom stereocenters. The molecule has 0 aromatic carbocycles. The first-order valence-electron chi connectivity index (χ1n) is 3.45. The average molecular weight is 236 g/mol. The Bertz CT molecular complexity index is 202. The molecule has 2 heteroatoms. The van der Waals surface area contributed by atoms with Crippen molar-refractivity contribution in [3.8, 4) is 0 Å². The number of rotatable bonds is 3. The molecule has 0 aliphatic carbocycles. The van der Waals surface area contributed by atoms with Gasteiger partial charge >= 0.3 is 0 Å². The molecule has 0 saturated heterocycles. The average Bonchev–Trinajstić information content (AvgIpc) is 1.99. The Balaban J connectivity index is 4.22. The van der Waals surface area contributed by atoms with Gasteiger partial charge in [0.25, 0.3) is 0 Å². The van der Waals surface area contributed by atoms with Crippen molar-refractivity contribution in [2.24, 2.45) is 0 Å². The SMILES string of the molecule is C=C(C)/C(Br)=C\C=C(\Cl)CC. The molecule has 0 bridgehead atoms. The summed E-state index contributed by atoms with van der Waals surface area (Å²) >= 11 is 9.14. The monoisotopic (exact) mass is 234 g/mol. The first-order valence-corrected chi connectivity index (χ1v) is 4.62. The van der Waals surface area contributed by atoms with Crippen molar-refractivity contribution >= 4 is 27.5 Å². The topological polar surface area (TPSA) is 0 Å². The van der Waals surface area contributed by atoms with E-state index in [4.69, 9.17) is 11.6 Å². The molecule has 0 spiro atoms. The second kappa shape index (κ2) is 5.62. The van der Waals surface area contributed by atoms with Crippen LogP contribution >= 0.6 is 27.5 Å². The molecule has 0 fully saturated rings. The van der Waals surface area contributed by atoms with Crippen LogP contribution in [0.3, 0.4) is 0 Å². The molecule has 0 radical (unpaired) electrons. The standard InChI is InChI=1S/C9H12BrCl/c1-4-8(11)5-6-9(10)7(2)3/h5-6H,2,4H2,1,3H3/b8-5+,9-6+. The van der Waals surface area contributed by atoms with Gasteiger partial charge in [-0.05, 0) is 31.1 Å². The molecule has 0 N–H and O–H groups in total. The minimum atomic E-state index is 0.850. The van der Waals surface area contributed by atoms with Crippen LogP contribution in [-0.2, 0) is 0 Å². The molecule has 0 rings (SSSR count). The maximum atomic E-state index is 5.78. The van der Waals surface area contributed by atoms with Crippen LogP contribution in [0.15, 0.2) is 33.8 Å². The lowest BCUT2D eigenvalue weighted by Gasteiger charge is -1.93. The molecule has 0 amide bonds. The van der Waals surface area contributed by atoms with Crippen molar-refractivity contribution in [1.82, 2.24) is 0 Å². The predicted octanol–water partition coefficient (Wildman–Crippen LogP) is 4.37. The summed E-state index contributed by atoms with van der Waals surface area (Å²) < 4.78 is 0.990. The predicted molar refractivity (Wildman–Crippen MR) is 56.1 cm³/mol. The summed E-state index contributed by atoms with van der Waals surface area (Å²) in [6, 6.07) is 0. The summed E-state index contributed by atoms with van der Waals surface area (Å²) in [7, 11) is 0. The van der Waals surface area contributed by atoms with Gasteiger partial charge < -0.3 is 0 Å². The number of hydrogen-bond donors (Lipinski definition) is 0. The maximum Gasteiger partial charge on any atom is 0.0198 e. The zero-order valence-corrected chi connectivity index (χ0v) is 9.17. The van der Waals surface area contributed by atoms with Crippen LogP contribution in [0.25, 0.3) is 0 Å². The Kier molecular flexibility index (Phi) is 5.61. The van der Waals surface area contributed by atoms with Crippen molar-refractivity contribution < 1.29 is 0 Å². The van der Waals surface area contributed by atoms with E-state index in [-0.39, 0.29) is 0 Å². The second-order valence-electron chi connectivity index (χ2n) is 2.26. The molecule has 0 heterocycles. The molecule has 62 valence electrons. The van der Waals surface area contributed by atoms with Crippen molar-refractivity contribution in [3.63, 3.8) is 0 Å². The second-order valence-corrected chi connectivity index (χ2v) is 3.60. The van der Waals surface area contributed by atoms with Gasteiger partial charge in [0, 0.05) is 9.51 Å². The third-order valence-corrected chi connectivity index (χ3v) is 2.49. The summed E-state index contributed by atoms with van der Waals surface area (Å²) in [5.74, 6) is 0. The van der Waals surface area contributed by atoms with E-state index in [0.29, 0.717) is 0 Å². The van der Waals surface area contributed by atoms with Crippen molar-refractivity contribution in [2.75, 3.05) is 0 Å². The van der Waals surface area contributed by atoms with E-state index in [1.165, 1.54) is 0 Å². The highest BCUT2D eigenvalue weighted by Crippen LogP contribution is 2.16. The van der Waals surface area contributed by atoms with E-state index in [1.54, 1.807) is 0 Å². The Morgan fingerprint density at radius 1 is 1.55 bits per heavy atom. The van der Waals surface area contributed by atoms with Gasteiger partial charge in [-0.2, -0.15) is 0 Å². The van der Waals surface area contributed by atoms with Crippen LogP contribution in [0.2, 0.25) is 0 Å². The van der Waals surface area contributed by atoms with E-state index >= 15 is 0 Å². The highest BCUT2D eigenvalue weighted by atomic mass is 79.9. The third-order valence-electron chi connectivity index (χ3n) is 1.16. The van der Waals surface area contributed by atoms with Crippen LogP contribution in [0.4, 0.5) is 0 Å². The van der Waals surface area contributed by atoms with Crippen molar-refractivity contribution in [1.29, 1.82) is 0 Å². The summed E-state index contributed by atoms with van der Waals surface area (Å²) in [5.41, 5.74) is 1.00. The first-order chi connectivity index (χ1) is 5.07. The van der Waals surface area contributed by atoms with Crippen LogP contribution < -0.4 is 0 Å². The van der Waals surface area contributed by atoms with Gasteiger partial charge in [-0.15, -0.1) is 0 Å². The minimum absolute atomic E-state index is 0.850. The lowest BCUT2D eigenvalue weighted by atomic mass is 10.3. The minimum Gasteiger partial charge on any atom is -0.0950 e. The smallest absolute Gasteiger partial charge is 0.0198 e. The fourth-order valence-corrected chi connectivity index (χ4v) is 0.619. The maximum absolute atomic E-state index is 5.78. The largest absolute Gasteiger partial charge is 0.0950 e. The Hall–Kier alpha value is -0.0100. The fourth-order valence-electron chi connectivity index (χ4n) is 0.424. The molecule has 0 saturated carbocycles. The Morgan fingerprint density at radius 3 is 2.45 bits per heavy atom. The van der Waals surface area contributed by atoms with E-state index in [0.717, 1.165) is 21.5 Å². The molecule has 0 nitrogen and oxygen atoms in total.